The summed E-state index contributed by atoms with van der Waals surface area (Å²) in [6.07, 6.45) is 4.60. The van der Waals surface area contributed by atoms with Gasteiger partial charge in [-0.3, -0.25) is 24.2 Å². The van der Waals surface area contributed by atoms with Crippen molar-refractivity contribution in [1.82, 2.24) is 24.3 Å². The van der Waals surface area contributed by atoms with E-state index in [2.05, 4.69) is 39.5 Å². The van der Waals surface area contributed by atoms with E-state index in [1.165, 1.54) is 4.90 Å². The van der Waals surface area contributed by atoms with E-state index in [4.69, 9.17) is 25.2 Å². The first-order valence-electron chi connectivity index (χ1n) is 18.3. The molecule has 2 aromatic carbocycles. The lowest BCUT2D eigenvalue weighted by molar-refractivity contribution is -0.156. The molecule has 2 aliphatic rings. The van der Waals surface area contributed by atoms with E-state index in [0.29, 0.717) is 49.7 Å². The minimum atomic E-state index is -0.481. The first-order chi connectivity index (χ1) is 24.5. The summed E-state index contributed by atoms with van der Waals surface area (Å²) in [5.74, 6) is 0.750. The van der Waals surface area contributed by atoms with Crippen LogP contribution >= 0.6 is 0 Å². The molecule has 0 radical (unpaired) electrons. The molecule has 51 heavy (non-hydrogen) atoms. The maximum atomic E-state index is 12.9. The standard InChI is InChI=1S/C39H51N7O5/c1-5-6-13-32-42-34-35(45(32)17-9-10-18-46-37(48)28-11-7-8-12-29(28)38(46)49)30-26-27(14-15-31(30)41-36(34)40)44-21-19-43(20-22-44)23-25-50-24-16-33(47)51-39(2,3)4/h7-8,11-12,14-15,26H,5-6,9-10,13,16-25H2,1-4H3,(H2,40,41). The number of rotatable bonds is 15. The van der Waals surface area contributed by atoms with Crippen LogP contribution in [0, 0.1) is 0 Å². The molecule has 2 aromatic heterocycles. The molecular weight excluding hydrogens is 646 g/mol. The van der Waals surface area contributed by atoms with Crippen molar-refractivity contribution in [3.8, 4) is 0 Å². The van der Waals surface area contributed by atoms with Crippen LogP contribution in [0.4, 0.5) is 11.5 Å². The maximum absolute atomic E-state index is 12.9. The number of carbonyl (C=O) groups is 3. The molecule has 1 fully saturated rings. The van der Waals surface area contributed by atoms with Crippen LogP contribution in [-0.2, 0) is 27.2 Å². The second kappa shape index (κ2) is 15.8. The zero-order chi connectivity index (χ0) is 36.1. The molecule has 0 bridgehead atoms. The number of nitrogens with two attached hydrogens (primary N) is 1. The van der Waals surface area contributed by atoms with E-state index in [9.17, 15) is 14.4 Å². The number of esters is 1. The second-order valence-corrected chi connectivity index (χ2v) is 14.5. The van der Waals surface area contributed by atoms with Crippen LogP contribution in [0.25, 0.3) is 21.9 Å². The highest BCUT2D eigenvalue weighted by atomic mass is 16.6. The lowest BCUT2D eigenvalue weighted by atomic mass is 10.1. The van der Waals surface area contributed by atoms with Crippen molar-refractivity contribution < 1.29 is 23.9 Å². The fourth-order valence-electron chi connectivity index (χ4n) is 6.96. The van der Waals surface area contributed by atoms with Gasteiger partial charge in [0.2, 0.25) is 0 Å². The van der Waals surface area contributed by atoms with Gasteiger partial charge in [-0.2, -0.15) is 0 Å². The Labute approximate surface area is 299 Å². The van der Waals surface area contributed by atoms with Crippen LogP contribution in [-0.4, -0.2) is 100 Å². The number of piperazine rings is 1. The molecular formula is C39H51N7O5. The number of aryl methyl sites for hydroxylation is 2. The quantitative estimate of drug-likeness (QED) is 0.0970. The third-order valence-corrected chi connectivity index (χ3v) is 9.57. The van der Waals surface area contributed by atoms with Crippen LogP contribution in [0.2, 0.25) is 0 Å². The molecule has 272 valence electrons. The van der Waals surface area contributed by atoms with Crippen molar-refractivity contribution in [1.29, 1.82) is 0 Å². The number of unbranched alkanes of at least 4 members (excludes halogenated alkanes) is 2. The minimum Gasteiger partial charge on any atom is -0.460 e. The first kappa shape index (κ1) is 36.2. The predicted molar refractivity (Wildman–Crippen MR) is 199 cm³/mol. The van der Waals surface area contributed by atoms with Crippen molar-refractivity contribution in [3.05, 3.63) is 59.4 Å². The average Bonchev–Trinajstić information content (AvgIpc) is 3.59. The third kappa shape index (κ3) is 8.34. The molecule has 12 heteroatoms. The van der Waals surface area contributed by atoms with Crippen molar-refractivity contribution in [2.45, 2.75) is 78.4 Å². The Bertz CT molecular complexity index is 1860. The van der Waals surface area contributed by atoms with Gasteiger partial charge in [-0.25, -0.2) is 9.97 Å². The number of amides is 2. The monoisotopic (exact) mass is 697 g/mol. The van der Waals surface area contributed by atoms with Crippen LogP contribution in [0.5, 0.6) is 0 Å². The summed E-state index contributed by atoms with van der Waals surface area (Å²) >= 11 is 0. The van der Waals surface area contributed by atoms with E-state index in [-0.39, 0.29) is 24.2 Å². The Morgan fingerprint density at radius 1 is 0.882 bits per heavy atom. The number of hydrogen-bond acceptors (Lipinski definition) is 10. The molecule has 0 aliphatic carbocycles. The Morgan fingerprint density at radius 3 is 2.27 bits per heavy atom. The molecule has 0 atom stereocenters. The molecule has 2 aliphatic heterocycles. The lowest BCUT2D eigenvalue weighted by Gasteiger charge is -2.36. The molecule has 6 rings (SSSR count). The van der Waals surface area contributed by atoms with Crippen LogP contribution < -0.4 is 10.6 Å². The molecule has 1 saturated heterocycles. The van der Waals surface area contributed by atoms with Crippen molar-refractivity contribution in [2.24, 2.45) is 0 Å². The maximum Gasteiger partial charge on any atom is 0.308 e. The van der Waals surface area contributed by atoms with E-state index < -0.39 is 5.60 Å². The Hall–Kier alpha value is -4.55. The molecule has 0 unspecified atom stereocenters. The Morgan fingerprint density at radius 2 is 1.59 bits per heavy atom. The SMILES string of the molecule is CCCCc1nc2c(N)nc3ccc(N4CCN(CCOCCC(=O)OC(C)(C)C)CC4)cc3c2n1CCCCN1C(=O)c2ccccc2C1=O. The highest BCUT2D eigenvalue weighted by Gasteiger charge is 2.34. The van der Waals surface area contributed by atoms with Gasteiger partial charge in [0.25, 0.3) is 11.8 Å². The van der Waals surface area contributed by atoms with Gasteiger partial charge in [0, 0.05) is 63.3 Å². The van der Waals surface area contributed by atoms with E-state index >= 15 is 0 Å². The summed E-state index contributed by atoms with van der Waals surface area (Å²) in [6, 6.07) is 13.4. The van der Waals surface area contributed by atoms with Crippen molar-refractivity contribution in [3.63, 3.8) is 0 Å². The van der Waals surface area contributed by atoms with Crippen molar-refractivity contribution in [2.75, 3.05) is 63.1 Å². The smallest absolute Gasteiger partial charge is 0.308 e. The number of fused-ring (bicyclic) bond motifs is 4. The number of anilines is 2. The van der Waals surface area contributed by atoms with E-state index in [0.717, 1.165) is 91.9 Å². The summed E-state index contributed by atoms with van der Waals surface area (Å²) < 4.78 is 13.4. The normalized spacial score (nSPS) is 15.4. The lowest BCUT2D eigenvalue weighted by Crippen LogP contribution is -2.47. The van der Waals surface area contributed by atoms with Gasteiger partial charge in [0.05, 0.1) is 41.8 Å². The number of ether oxygens (including phenoxy) is 2. The molecule has 2 N–H and O–H groups in total. The number of imidazole rings is 1. The van der Waals surface area contributed by atoms with Gasteiger partial charge in [-0.05, 0) is 70.4 Å². The largest absolute Gasteiger partial charge is 0.460 e. The van der Waals surface area contributed by atoms with Gasteiger partial charge in [-0.1, -0.05) is 25.5 Å². The zero-order valence-corrected chi connectivity index (χ0v) is 30.4. The number of carbonyl (C=O) groups excluding carboxylic acids is 3. The topological polar surface area (TPSA) is 136 Å². The van der Waals surface area contributed by atoms with Gasteiger partial charge in [-0.15, -0.1) is 0 Å². The number of nitrogen functional groups attached to an aromatic ring is 1. The summed E-state index contributed by atoms with van der Waals surface area (Å²) in [4.78, 5) is 53.7. The zero-order valence-electron chi connectivity index (χ0n) is 30.4. The molecule has 4 aromatic rings. The van der Waals surface area contributed by atoms with Crippen LogP contribution in [0.1, 0.15) is 86.3 Å². The number of nitrogens with zero attached hydrogens (tertiary/aromatic N) is 6. The minimum absolute atomic E-state index is 0.214. The molecule has 12 nitrogen and oxygen atoms in total. The first-order valence-corrected chi connectivity index (χ1v) is 18.3. The van der Waals surface area contributed by atoms with Crippen molar-refractivity contribution >= 4 is 51.2 Å². The molecule has 0 spiro atoms. The summed E-state index contributed by atoms with van der Waals surface area (Å²) in [7, 11) is 0. The number of pyridine rings is 1. The molecule has 0 saturated carbocycles. The number of benzene rings is 2. The second-order valence-electron chi connectivity index (χ2n) is 14.5. The Balaban J connectivity index is 1.11. The third-order valence-electron chi connectivity index (χ3n) is 9.57. The van der Waals surface area contributed by atoms with Gasteiger partial charge >= 0.3 is 5.97 Å². The number of aromatic nitrogens is 3. The summed E-state index contributed by atoms with van der Waals surface area (Å²) in [6.45, 7) is 14.2. The summed E-state index contributed by atoms with van der Waals surface area (Å²) in [5.41, 5.74) is 10.7. The van der Waals surface area contributed by atoms with E-state index in [1.54, 1.807) is 24.3 Å². The van der Waals surface area contributed by atoms with Gasteiger partial charge in [0.15, 0.2) is 5.82 Å². The highest BCUT2D eigenvalue weighted by molar-refractivity contribution is 6.21. The van der Waals surface area contributed by atoms with Gasteiger partial charge < -0.3 is 24.7 Å². The van der Waals surface area contributed by atoms with Crippen LogP contribution in [0.3, 0.4) is 0 Å². The average molecular weight is 698 g/mol. The van der Waals surface area contributed by atoms with E-state index in [1.807, 2.05) is 20.8 Å². The fraction of sp³-hybridized carbons (Fsp3) is 0.513. The highest BCUT2D eigenvalue weighted by Crippen LogP contribution is 2.33. The van der Waals surface area contributed by atoms with Crippen LogP contribution in [0.15, 0.2) is 42.5 Å². The number of imide groups is 1. The van der Waals surface area contributed by atoms with Gasteiger partial charge in [0.1, 0.15) is 16.9 Å². The molecule has 4 heterocycles. The summed E-state index contributed by atoms with van der Waals surface area (Å²) in [5, 5.41) is 1.02. The number of hydrogen-bond donors (Lipinski definition) is 1. The fourth-order valence-corrected chi connectivity index (χ4v) is 6.96. The predicted octanol–water partition coefficient (Wildman–Crippen LogP) is 5.46. The Kier molecular flexibility index (Phi) is 11.2. The molecule has 2 amide bonds.